The van der Waals surface area contributed by atoms with Crippen LogP contribution in [-0.2, 0) is 63.3 Å². The van der Waals surface area contributed by atoms with Crippen molar-refractivity contribution >= 4 is 23.4 Å². The van der Waals surface area contributed by atoms with E-state index in [1.807, 2.05) is 83.6 Å². The number of likely N-dealkylation sites (N-methyl/N-ethyl adjacent to an activating group) is 1. The maximum atomic E-state index is 15.2. The molecule has 1 saturated heterocycles. The molecule has 1 atom stereocenters. The summed E-state index contributed by atoms with van der Waals surface area (Å²) < 4.78 is 8.34. The first-order chi connectivity index (χ1) is 32.6. The topological polar surface area (TPSA) is 81.6 Å². The van der Waals surface area contributed by atoms with E-state index in [4.69, 9.17) is 4.74 Å². The average molecular weight is 895 g/mol. The van der Waals surface area contributed by atoms with E-state index in [2.05, 4.69) is 82.9 Å². The Hall–Kier alpha value is -6.49. The molecule has 10 nitrogen and oxygen atoms in total. The summed E-state index contributed by atoms with van der Waals surface area (Å²) in [6.45, 7) is 10.2. The van der Waals surface area contributed by atoms with Crippen LogP contribution in [0.3, 0.4) is 0 Å². The van der Waals surface area contributed by atoms with E-state index in [0.29, 0.717) is 50.2 Å². The number of anilines is 1. The third kappa shape index (κ3) is 9.56. The van der Waals surface area contributed by atoms with Crippen LogP contribution < -0.4 is 9.64 Å². The van der Waals surface area contributed by atoms with Crippen molar-refractivity contribution in [3.8, 4) is 17.0 Å². The van der Waals surface area contributed by atoms with Crippen molar-refractivity contribution in [2.24, 2.45) is 0 Å². The molecule has 344 valence electrons. The molecule has 1 fully saturated rings. The van der Waals surface area contributed by atoms with Crippen molar-refractivity contribution in [3.05, 3.63) is 177 Å². The smallest absolute Gasteiger partial charge is 0.259 e. The van der Waals surface area contributed by atoms with Gasteiger partial charge in [-0.25, -0.2) is 0 Å². The van der Waals surface area contributed by atoms with Gasteiger partial charge in [-0.15, -0.1) is 0 Å². The molecule has 5 aromatic carbocycles. The second-order valence-electron chi connectivity index (χ2n) is 19.2. The lowest BCUT2D eigenvalue weighted by molar-refractivity contribution is -0.131. The summed E-state index contributed by atoms with van der Waals surface area (Å²) in [4.78, 5) is 54.4. The minimum absolute atomic E-state index is 0.000510. The molecule has 4 aliphatic heterocycles. The van der Waals surface area contributed by atoms with Gasteiger partial charge in [0, 0.05) is 100 Å². The average Bonchev–Trinajstić information content (AvgIpc) is 3.75. The molecular weight excluding hydrogens is 833 g/mol. The van der Waals surface area contributed by atoms with Crippen molar-refractivity contribution in [2.75, 3.05) is 51.7 Å². The molecule has 0 aliphatic carbocycles. The summed E-state index contributed by atoms with van der Waals surface area (Å²) in [5.74, 6) is 0.729. The molecule has 0 N–H and O–H groups in total. The van der Waals surface area contributed by atoms with Crippen LogP contribution in [0.25, 0.3) is 11.3 Å². The van der Waals surface area contributed by atoms with Gasteiger partial charge in [0.25, 0.3) is 11.8 Å². The quantitative estimate of drug-likeness (QED) is 0.129. The highest BCUT2D eigenvalue weighted by molar-refractivity contribution is 6.08. The second kappa shape index (κ2) is 19.4. The number of hydrogen-bond acceptors (Lipinski definition) is 6. The number of hydrogen-bond donors (Lipinski definition) is 0. The van der Waals surface area contributed by atoms with Crippen LogP contribution in [0.1, 0.15) is 85.1 Å². The number of nitrogens with zero attached hydrogens (tertiary/aromatic N) is 6. The summed E-state index contributed by atoms with van der Waals surface area (Å²) in [5, 5.41) is 0. The van der Waals surface area contributed by atoms with Gasteiger partial charge in [-0.05, 0) is 127 Å². The monoisotopic (exact) mass is 894 g/mol. The molecule has 5 heterocycles. The van der Waals surface area contributed by atoms with Crippen LogP contribution in [0.15, 0.2) is 121 Å². The summed E-state index contributed by atoms with van der Waals surface area (Å²) in [6, 6.07) is 41.1. The Bertz CT molecular complexity index is 2760. The number of rotatable bonds is 11. The molecule has 4 aliphatic rings. The second-order valence-corrected chi connectivity index (χ2v) is 19.2. The maximum absolute atomic E-state index is 15.2. The fourth-order valence-electron chi connectivity index (χ4n) is 10.5. The van der Waals surface area contributed by atoms with Gasteiger partial charge >= 0.3 is 0 Å². The van der Waals surface area contributed by atoms with Gasteiger partial charge in [0.15, 0.2) is 0 Å². The molecular formula is C57H62N6O4. The van der Waals surface area contributed by atoms with Crippen LogP contribution >= 0.6 is 0 Å². The fourth-order valence-corrected chi connectivity index (χ4v) is 10.5. The van der Waals surface area contributed by atoms with Crippen molar-refractivity contribution in [1.29, 1.82) is 0 Å². The van der Waals surface area contributed by atoms with E-state index in [1.165, 1.54) is 16.7 Å². The van der Waals surface area contributed by atoms with Crippen molar-refractivity contribution < 1.29 is 19.1 Å². The SMILES string of the molecule is C[C@@H]1Cc2ccccc2CN1C(=O)c1cc2c(cc1-c1cc(C(=O)N(C)c3ccc(OCc4ccccc4)cc3)c3n1CCCC3)CCN(C(=O)Cc1ccc(CN3CCN(C)CC3)cc1)C2. The van der Waals surface area contributed by atoms with Crippen LogP contribution in [-0.4, -0.2) is 94.7 Å². The third-order valence-corrected chi connectivity index (χ3v) is 14.6. The molecule has 67 heavy (non-hydrogen) atoms. The van der Waals surface area contributed by atoms with Crippen molar-refractivity contribution in [3.63, 3.8) is 0 Å². The van der Waals surface area contributed by atoms with Gasteiger partial charge in [0.2, 0.25) is 5.91 Å². The molecule has 1 aromatic heterocycles. The Kier molecular flexibility index (Phi) is 12.8. The Labute approximate surface area is 395 Å². The van der Waals surface area contributed by atoms with Crippen molar-refractivity contribution in [1.82, 2.24) is 24.2 Å². The van der Waals surface area contributed by atoms with E-state index in [-0.39, 0.29) is 23.8 Å². The molecule has 3 amide bonds. The van der Waals surface area contributed by atoms with Gasteiger partial charge in [0.05, 0.1) is 12.0 Å². The predicted molar refractivity (Wildman–Crippen MR) is 264 cm³/mol. The zero-order valence-corrected chi connectivity index (χ0v) is 39.3. The van der Waals surface area contributed by atoms with Gasteiger partial charge in [-0.2, -0.15) is 0 Å². The number of piperazine rings is 1. The van der Waals surface area contributed by atoms with Gasteiger partial charge in [0.1, 0.15) is 12.4 Å². The lowest BCUT2D eigenvalue weighted by Gasteiger charge is -2.36. The fraction of sp³-hybridized carbons (Fsp3) is 0.351. The van der Waals surface area contributed by atoms with E-state index < -0.39 is 0 Å². The Balaban J connectivity index is 0.928. The Morgan fingerprint density at radius 2 is 1.40 bits per heavy atom. The predicted octanol–water partition coefficient (Wildman–Crippen LogP) is 8.81. The van der Waals surface area contributed by atoms with Gasteiger partial charge in [-0.1, -0.05) is 78.9 Å². The Morgan fingerprint density at radius 3 is 2.18 bits per heavy atom. The highest BCUT2D eigenvalue weighted by Gasteiger charge is 2.34. The lowest BCUT2D eigenvalue weighted by atomic mass is 9.89. The van der Waals surface area contributed by atoms with Crippen LogP contribution in [0, 0.1) is 0 Å². The minimum Gasteiger partial charge on any atom is -0.489 e. The largest absolute Gasteiger partial charge is 0.489 e. The number of benzene rings is 5. The number of carbonyl (C=O) groups excluding carboxylic acids is 3. The van der Waals surface area contributed by atoms with Gasteiger partial charge in [-0.3, -0.25) is 19.3 Å². The molecule has 10 heteroatoms. The zero-order chi connectivity index (χ0) is 46.0. The maximum Gasteiger partial charge on any atom is 0.259 e. The van der Waals surface area contributed by atoms with E-state index >= 15 is 4.79 Å². The molecule has 6 aromatic rings. The van der Waals surface area contributed by atoms with E-state index in [0.717, 1.165) is 116 Å². The molecule has 0 radical (unpaired) electrons. The first-order valence-corrected chi connectivity index (χ1v) is 24.2. The summed E-state index contributed by atoms with van der Waals surface area (Å²) >= 11 is 0. The number of carbonyl (C=O) groups is 3. The zero-order valence-electron chi connectivity index (χ0n) is 39.3. The molecule has 10 rings (SSSR count). The highest BCUT2D eigenvalue weighted by atomic mass is 16.5. The molecule has 0 bridgehead atoms. The molecule has 0 saturated carbocycles. The summed E-state index contributed by atoms with van der Waals surface area (Å²) in [7, 11) is 4.01. The first kappa shape index (κ1) is 44.4. The number of ether oxygens (including phenoxy) is 1. The minimum atomic E-state index is -0.0826. The summed E-state index contributed by atoms with van der Waals surface area (Å²) in [6.07, 6.45) is 4.58. The number of aromatic nitrogens is 1. The molecule has 0 spiro atoms. The van der Waals surface area contributed by atoms with Crippen molar-refractivity contribution in [2.45, 2.75) is 84.3 Å². The van der Waals surface area contributed by atoms with Gasteiger partial charge < -0.3 is 28.9 Å². The van der Waals surface area contributed by atoms with E-state index in [9.17, 15) is 9.59 Å². The number of amides is 3. The highest BCUT2D eigenvalue weighted by Crippen LogP contribution is 2.38. The normalized spacial score (nSPS) is 17.3. The standard InChI is InChI=1S/C57H62N6O4/c1-40-31-44-13-7-8-14-46(44)38-63(40)57(66)51-34-47-37-61(55(64)32-41-16-18-42(19-17-41)36-60-29-27-58(2)28-30-60)26-24-45(47)33-50(51)54-35-52(53-15-9-10-25-62(53)54)56(65)59(3)48-20-22-49(23-21-48)67-39-43-11-5-4-6-12-43/h4-8,11-14,16-23,33-35,40H,9-10,15,24-32,36-39H2,1-3H3/t40-/m1/s1. The van der Waals surface area contributed by atoms with Crippen LogP contribution in [0.2, 0.25) is 0 Å². The molecule has 0 unspecified atom stereocenters. The first-order valence-electron chi connectivity index (χ1n) is 24.2. The Morgan fingerprint density at radius 1 is 0.672 bits per heavy atom. The van der Waals surface area contributed by atoms with E-state index in [1.54, 1.807) is 4.90 Å². The summed E-state index contributed by atoms with van der Waals surface area (Å²) in [5.41, 5.74) is 12.8. The number of fused-ring (bicyclic) bond motifs is 3. The third-order valence-electron chi connectivity index (χ3n) is 14.6. The lowest BCUT2D eigenvalue weighted by Crippen LogP contribution is -2.43. The van der Waals surface area contributed by atoms with Crippen LogP contribution in [0.4, 0.5) is 5.69 Å². The van der Waals surface area contributed by atoms with Crippen LogP contribution in [0.5, 0.6) is 5.75 Å².